The van der Waals surface area contributed by atoms with Crippen LogP contribution in [-0.4, -0.2) is 52.7 Å². The van der Waals surface area contributed by atoms with E-state index in [2.05, 4.69) is 9.88 Å². The van der Waals surface area contributed by atoms with Crippen molar-refractivity contribution in [3.8, 4) is 22.6 Å². The first-order valence-corrected chi connectivity index (χ1v) is 11.9. The Kier molecular flexibility index (Phi) is 6.39. The lowest BCUT2D eigenvalue weighted by molar-refractivity contribution is -0.128. The topological polar surface area (TPSA) is 62.5 Å². The van der Waals surface area contributed by atoms with Crippen LogP contribution in [0.15, 0.2) is 94.7 Å². The number of piperazine rings is 1. The molecule has 0 spiro atoms. The number of carbonyl (C=O) groups excluding carboxylic acids is 1. The van der Waals surface area contributed by atoms with Crippen LogP contribution in [-0.2, 0) is 4.79 Å². The van der Waals surface area contributed by atoms with Gasteiger partial charge in [0.1, 0.15) is 11.5 Å². The van der Waals surface area contributed by atoms with E-state index in [0.717, 1.165) is 41.5 Å². The maximum atomic E-state index is 12.8. The quantitative estimate of drug-likeness (QED) is 0.387. The summed E-state index contributed by atoms with van der Waals surface area (Å²) < 4.78 is 6.13. The van der Waals surface area contributed by atoms with Gasteiger partial charge in [-0.3, -0.25) is 4.79 Å². The molecule has 5 rings (SSSR count). The van der Waals surface area contributed by atoms with Crippen LogP contribution in [0.5, 0.6) is 0 Å². The first-order chi connectivity index (χ1) is 16.3. The van der Waals surface area contributed by atoms with Crippen LogP contribution in [0, 0.1) is 0 Å². The van der Waals surface area contributed by atoms with Crippen molar-refractivity contribution in [1.29, 1.82) is 0 Å². The highest BCUT2D eigenvalue weighted by Crippen LogP contribution is 2.35. The van der Waals surface area contributed by atoms with Gasteiger partial charge in [0.15, 0.2) is 5.76 Å². The number of pyridine rings is 1. The summed E-state index contributed by atoms with van der Waals surface area (Å²) in [6.45, 7) is 2.93. The van der Waals surface area contributed by atoms with Crippen LogP contribution in [0.3, 0.4) is 0 Å². The van der Waals surface area contributed by atoms with Gasteiger partial charge in [0.25, 0.3) is 5.22 Å². The summed E-state index contributed by atoms with van der Waals surface area (Å²) in [5, 5.41) is 0.508. The molecule has 2 aromatic heterocycles. The fraction of sp³-hybridized carbons (Fsp3) is 0.192. The van der Waals surface area contributed by atoms with E-state index in [9.17, 15) is 4.79 Å². The van der Waals surface area contributed by atoms with E-state index in [0.29, 0.717) is 24.1 Å². The van der Waals surface area contributed by atoms with Crippen molar-refractivity contribution < 1.29 is 9.21 Å². The predicted molar refractivity (Wildman–Crippen MR) is 131 cm³/mol. The van der Waals surface area contributed by atoms with Gasteiger partial charge in [-0.1, -0.05) is 78.5 Å². The van der Waals surface area contributed by atoms with E-state index in [4.69, 9.17) is 9.40 Å². The number of nitrogens with zero attached hydrogens (tertiary/aromatic N) is 4. The molecule has 1 fully saturated rings. The summed E-state index contributed by atoms with van der Waals surface area (Å²) in [4.78, 5) is 26.1. The molecule has 1 aliphatic rings. The summed E-state index contributed by atoms with van der Waals surface area (Å²) >= 11 is 1.35. The van der Waals surface area contributed by atoms with Crippen molar-refractivity contribution >= 4 is 23.5 Å². The molecular weight excluding hydrogens is 432 g/mol. The predicted octanol–water partition coefficient (Wildman–Crippen LogP) is 4.84. The zero-order chi connectivity index (χ0) is 22.5. The number of thioether (sulfide) groups is 1. The molecule has 0 unspecified atom stereocenters. The molecule has 1 aliphatic heterocycles. The molecular formula is C26H24N4O2S. The second kappa shape index (κ2) is 9.92. The standard InChI is InChI=1S/C26H24N4O2S/c31-23(30-17-15-29(16-18-30)22-13-7-8-14-27-22)19-33-26-28-24(20-9-3-1-4-10-20)25(32-26)21-11-5-2-6-12-21/h1-14H,15-19H2. The van der Waals surface area contributed by atoms with Gasteiger partial charge < -0.3 is 14.2 Å². The van der Waals surface area contributed by atoms with E-state index < -0.39 is 0 Å². The molecule has 0 atom stereocenters. The highest BCUT2D eigenvalue weighted by atomic mass is 32.2. The Morgan fingerprint density at radius 1 is 0.848 bits per heavy atom. The lowest BCUT2D eigenvalue weighted by Crippen LogP contribution is -2.49. The van der Waals surface area contributed by atoms with Gasteiger partial charge in [-0.05, 0) is 12.1 Å². The van der Waals surface area contributed by atoms with Crippen molar-refractivity contribution in [2.24, 2.45) is 0 Å². The average molecular weight is 457 g/mol. The molecule has 1 amide bonds. The minimum absolute atomic E-state index is 0.0985. The lowest BCUT2D eigenvalue weighted by atomic mass is 10.1. The number of rotatable bonds is 6. The second-order valence-corrected chi connectivity index (χ2v) is 8.66. The summed E-state index contributed by atoms with van der Waals surface area (Å²) in [7, 11) is 0. The van der Waals surface area contributed by atoms with Crippen LogP contribution in [0.4, 0.5) is 5.82 Å². The number of aromatic nitrogens is 2. The smallest absolute Gasteiger partial charge is 0.257 e. The first kappa shape index (κ1) is 21.3. The molecule has 1 saturated heterocycles. The van der Waals surface area contributed by atoms with E-state index >= 15 is 0 Å². The average Bonchev–Trinajstić information content (AvgIpc) is 3.33. The van der Waals surface area contributed by atoms with Crippen LogP contribution >= 0.6 is 11.8 Å². The Morgan fingerprint density at radius 3 is 2.18 bits per heavy atom. The summed E-state index contributed by atoms with van der Waals surface area (Å²) in [6, 6.07) is 25.8. The van der Waals surface area contributed by atoms with Crippen molar-refractivity contribution in [1.82, 2.24) is 14.9 Å². The molecule has 166 valence electrons. The number of amides is 1. The molecule has 4 aromatic rings. The molecule has 3 heterocycles. The molecule has 0 saturated carbocycles. The molecule has 0 N–H and O–H groups in total. The third-order valence-corrected chi connectivity index (χ3v) is 6.43. The molecule has 0 radical (unpaired) electrons. The third-order valence-electron chi connectivity index (χ3n) is 5.62. The van der Waals surface area contributed by atoms with Gasteiger partial charge in [-0.15, -0.1) is 0 Å². The zero-order valence-electron chi connectivity index (χ0n) is 18.1. The molecule has 33 heavy (non-hydrogen) atoms. The SMILES string of the molecule is O=C(CSc1nc(-c2ccccc2)c(-c2ccccc2)o1)N1CCN(c2ccccn2)CC1. The van der Waals surface area contributed by atoms with Crippen LogP contribution in [0.1, 0.15) is 0 Å². The van der Waals surface area contributed by atoms with E-state index in [-0.39, 0.29) is 5.91 Å². The van der Waals surface area contributed by atoms with Gasteiger partial charge >= 0.3 is 0 Å². The van der Waals surface area contributed by atoms with Gasteiger partial charge in [0.2, 0.25) is 5.91 Å². The molecule has 6 nitrogen and oxygen atoms in total. The fourth-order valence-corrected chi connectivity index (χ4v) is 4.61. The van der Waals surface area contributed by atoms with Crippen LogP contribution in [0.2, 0.25) is 0 Å². The van der Waals surface area contributed by atoms with Gasteiger partial charge in [-0.25, -0.2) is 9.97 Å². The van der Waals surface area contributed by atoms with Crippen molar-refractivity contribution in [2.45, 2.75) is 5.22 Å². The van der Waals surface area contributed by atoms with Gasteiger partial charge in [0.05, 0.1) is 5.75 Å². The van der Waals surface area contributed by atoms with Gasteiger partial charge in [0, 0.05) is 43.5 Å². The maximum Gasteiger partial charge on any atom is 0.257 e. The summed E-state index contributed by atoms with van der Waals surface area (Å²) in [5.41, 5.74) is 2.75. The van der Waals surface area contributed by atoms with Crippen LogP contribution in [0.25, 0.3) is 22.6 Å². The number of oxazole rings is 1. The highest BCUT2D eigenvalue weighted by molar-refractivity contribution is 7.99. The first-order valence-electron chi connectivity index (χ1n) is 11.0. The summed E-state index contributed by atoms with van der Waals surface area (Å²) in [6.07, 6.45) is 1.80. The van der Waals surface area contributed by atoms with E-state index in [1.807, 2.05) is 83.8 Å². The molecule has 7 heteroatoms. The third kappa shape index (κ3) is 4.93. The zero-order valence-corrected chi connectivity index (χ0v) is 18.9. The normalized spacial score (nSPS) is 13.8. The lowest BCUT2D eigenvalue weighted by Gasteiger charge is -2.35. The van der Waals surface area contributed by atoms with Crippen molar-refractivity contribution in [3.63, 3.8) is 0 Å². The van der Waals surface area contributed by atoms with Crippen molar-refractivity contribution in [3.05, 3.63) is 85.1 Å². The summed E-state index contributed by atoms with van der Waals surface area (Å²) in [5.74, 6) is 2.08. The number of benzene rings is 2. The Balaban J connectivity index is 1.25. The Morgan fingerprint density at radius 2 is 1.52 bits per heavy atom. The second-order valence-electron chi connectivity index (χ2n) is 7.73. The fourth-order valence-electron chi connectivity index (χ4n) is 3.88. The van der Waals surface area contributed by atoms with Gasteiger partial charge in [-0.2, -0.15) is 0 Å². The number of carbonyl (C=O) groups is 1. The Labute approximate surface area is 197 Å². The highest BCUT2D eigenvalue weighted by Gasteiger charge is 2.23. The van der Waals surface area contributed by atoms with Crippen LogP contribution < -0.4 is 4.90 Å². The Bertz CT molecular complexity index is 1130. The number of anilines is 1. The number of hydrogen-bond donors (Lipinski definition) is 0. The monoisotopic (exact) mass is 456 g/mol. The number of hydrogen-bond acceptors (Lipinski definition) is 6. The van der Waals surface area contributed by atoms with E-state index in [1.54, 1.807) is 6.20 Å². The van der Waals surface area contributed by atoms with Crippen molar-refractivity contribution in [2.75, 3.05) is 36.8 Å². The minimum Gasteiger partial charge on any atom is -0.431 e. The molecule has 2 aromatic carbocycles. The maximum absolute atomic E-state index is 12.8. The molecule has 0 aliphatic carbocycles. The minimum atomic E-state index is 0.0985. The van der Waals surface area contributed by atoms with E-state index in [1.165, 1.54) is 11.8 Å². The largest absolute Gasteiger partial charge is 0.431 e. The molecule has 0 bridgehead atoms. The Hall–Kier alpha value is -3.58.